The molecule has 7 heteroatoms. The molecule has 1 unspecified atom stereocenters. The summed E-state index contributed by atoms with van der Waals surface area (Å²) in [5.41, 5.74) is 4.96. The largest absolute Gasteiger partial charge is 0.408 e. The summed E-state index contributed by atoms with van der Waals surface area (Å²) in [7, 11) is 0. The Hall–Kier alpha value is 0.220. The van der Waals surface area contributed by atoms with Gasteiger partial charge in [0.2, 0.25) is 0 Å². The summed E-state index contributed by atoms with van der Waals surface area (Å²) in [5.74, 6) is 0. The van der Waals surface area contributed by atoms with Gasteiger partial charge in [-0.2, -0.15) is 13.2 Å². The highest BCUT2D eigenvalue weighted by Gasteiger charge is 2.39. The molecule has 1 atom stereocenters. The SMILES string of the molecule is NC(c1cc(Br)c(Cl)s1)C(F)(F)F. The van der Waals surface area contributed by atoms with Crippen molar-refractivity contribution in [2.24, 2.45) is 5.73 Å². The smallest absolute Gasteiger partial charge is 0.316 e. The van der Waals surface area contributed by atoms with Crippen molar-refractivity contribution >= 4 is 38.9 Å². The van der Waals surface area contributed by atoms with Gasteiger partial charge in [-0.15, -0.1) is 11.3 Å². The van der Waals surface area contributed by atoms with Gasteiger partial charge in [-0.05, 0) is 22.0 Å². The lowest BCUT2D eigenvalue weighted by molar-refractivity contribution is -0.148. The zero-order valence-electron chi connectivity index (χ0n) is 6.03. The van der Waals surface area contributed by atoms with Crippen molar-refractivity contribution in [3.63, 3.8) is 0 Å². The molecule has 74 valence electrons. The Balaban J connectivity index is 2.96. The molecule has 0 saturated carbocycles. The normalized spacial score (nSPS) is 14.6. The molecule has 0 fully saturated rings. The molecule has 0 radical (unpaired) electrons. The highest BCUT2D eigenvalue weighted by atomic mass is 79.9. The highest BCUT2D eigenvalue weighted by molar-refractivity contribution is 9.10. The molecule has 13 heavy (non-hydrogen) atoms. The van der Waals surface area contributed by atoms with Crippen molar-refractivity contribution in [3.05, 3.63) is 19.8 Å². The minimum atomic E-state index is -4.42. The Morgan fingerprint density at radius 1 is 1.54 bits per heavy atom. The zero-order valence-corrected chi connectivity index (χ0v) is 9.19. The Morgan fingerprint density at radius 3 is 2.38 bits per heavy atom. The van der Waals surface area contributed by atoms with Crippen LogP contribution in [0.2, 0.25) is 4.34 Å². The summed E-state index contributed by atoms with van der Waals surface area (Å²) < 4.78 is 37.0. The van der Waals surface area contributed by atoms with E-state index in [0.717, 1.165) is 11.3 Å². The lowest BCUT2D eigenvalue weighted by atomic mass is 10.2. The minimum Gasteiger partial charge on any atom is -0.316 e. The third-order valence-electron chi connectivity index (χ3n) is 1.32. The number of hydrogen-bond acceptors (Lipinski definition) is 2. The van der Waals surface area contributed by atoms with E-state index in [4.69, 9.17) is 17.3 Å². The number of thiophene rings is 1. The molecule has 2 N–H and O–H groups in total. The van der Waals surface area contributed by atoms with E-state index in [1.54, 1.807) is 0 Å². The maximum Gasteiger partial charge on any atom is 0.408 e. The molecule has 1 nitrogen and oxygen atoms in total. The van der Waals surface area contributed by atoms with Crippen molar-refractivity contribution in [1.29, 1.82) is 0 Å². The van der Waals surface area contributed by atoms with Crippen LogP contribution >= 0.6 is 38.9 Å². The van der Waals surface area contributed by atoms with Gasteiger partial charge in [0.15, 0.2) is 0 Å². The first kappa shape index (κ1) is 11.3. The summed E-state index contributed by atoms with van der Waals surface area (Å²) in [6.45, 7) is 0. The van der Waals surface area contributed by atoms with Crippen LogP contribution in [0.3, 0.4) is 0 Å². The molecule has 1 aromatic heterocycles. The van der Waals surface area contributed by atoms with Crippen molar-refractivity contribution in [3.8, 4) is 0 Å². The maximum absolute atomic E-state index is 12.1. The van der Waals surface area contributed by atoms with Gasteiger partial charge in [0.05, 0.1) is 0 Å². The Bertz CT molecular complexity index is 292. The van der Waals surface area contributed by atoms with Crippen LogP contribution in [-0.2, 0) is 0 Å². The molecule has 0 spiro atoms. The van der Waals surface area contributed by atoms with Crippen LogP contribution in [0.1, 0.15) is 10.9 Å². The predicted molar refractivity (Wildman–Crippen MR) is 50.0 cm³/mol. The quantitative estimate of drug-likeness (QED) is 0.839. The summed E-state index contributed by atoms with van der Waals surface area (Å²) in [6, 6.07) is -0.674. The molecule has 0 aliphatic rings. The lowest BCUT2D eigenvalue weighted by Gasteiger charge is -2.12. The maximum atomic E-state index is 12.1. The first-order valence-corrected chi connectivity index (χ1v) is 5.08. The average Bonchev–Trinajstić information content (AvgIpc) is 2.29. The number of alkyl halides is 3. The molecule has 0 amide bonds. The molecule has 0 saturated heterocycles. The number of nitrogens with two attached hydrogens (primary N) is 1. The summed E-state index contributed by atoms with van der Waals surface area (Å²) >= 11 is 9.40. The van der Waals surface area contributed by atoms with Gasteiger partial charge in [0.1, 0.15) is 10.4 Å². The first-order chi connectivity index (χ1) is 5.82. The standard InChI is InChI=1S/C6H4BrClF3NS/c7-2-1-3(13-5(2)8)4(12)6(9,10)11/h1,4H,12H2. The van der Waals surface area contributed by atoms with E-state index in [1.807, 2.05) is 0 Å². The van der Waals surface area contributed by atoms with E-state index >= 15 is 0 Å². The molecular weight excluding hydrogens is 290 g/mol. The summed E-state index contributed by atoms with van der Waals surface area (Å²) in [4.78, 5) is 0.00405. The fraction of sp³-hybridized carbons (Fsp3) is 0.333. The van der Waals surface area contributed by atoms with Crippen molar-refractivity contribution in [1.82, 2.24) is 0 Å². The monoisotopic (exact) mass is 293 g/mol. The van der Waals surface area contributed by atoms with Gasteiger partial charge >= 0.3 is 6.18 Å². The number of rotatable bonds is 1. The Kier molecular flexibility index (Phi) is 3.27. The summed E-state index contributed by atoms with van der Waals surface area (Å²) in [5, 5.41) is 0. The number of halogens is 5. The van der Waals surface area contributed by atoms with Gasteiger partial charge in [-0.3, -0.25) is 0 Å². The third kappa shape index (κ3) is 2.59. The van der Waals surface area contributed by atoms with Crippen LogP contribution in [0, 0.1) is 0 Å². The Morgan fingerprint density at radius 2 is 2.08 bits per heavy atom. The van der Waals surface area contributed by atoms with Crippen molar-refractivity contribution in [2.75, 3.05) is 0 Å². The fourth-order valence-corrected chi connectivity index (χ4v) is 2.44. The van der Waals surface area contributed by atoms with E-state index in [2.05, 4.69) is 15.9 Å². The molecule has 0 aliphatic carbocycles. The van der Waals surface area contributed by atoms with Crippen LogP contribution in [0.4, 0.5) is 13.2 Å². The van der Waals surface area contributed by atoms with Gasteiger partial charge in [-0.25, -0.2) is 0 Å². The van der Waals surface area contributed by atoms with Crippen molar-refractivity contribution in [2.45, 2.75) is 12.2 Å². The second kappa shape index (κ2) is 3.76. The first-order valence-electron chi connectivity index (χ1n) is 3.09. The molecule has 1 rings (SSSR count). The lowest BCUT2D eigenvalue weighted by Crippen LogP contribution is -2.27. The fourth-order valence-electron chi connectivity index (χ4n) is 0.678. The summed E-state index contributed by atoms with van der Waals surface area (Å²) in [6.07, 6.45) is -4.42. The van der Waals surface area contributed by atoms with Crippen LogP contribution in [0.5, 0.6) is 0 Å². The van der Waals surface area contributed by atoms with Gasteiger partial charge in [-0.1, -0.05) is 11.6 Å². The molecule has 1 aromatic rings. The van der Waals surface area contributed by atoms with E-state index < -0.39 is 12.2 Å². The topological polar surface area (TPSA) is 26.0 Å². The molecule has 1 heterocycles. The zero-order chi connectivity index (χ0) is 10.2. The number of hydrogen-bond donors (Lipinski definition) is 1. The van der Waals surface area contributed by atoms with E-state index in [-0.39, 0.29) is 9.21 Å². The van der Waals surface area contributed by atoms with Gasteiger partial charge < -0.3 is 5.73 Å². The third-order valence-corrected chi connectivity index (χ3v) is 3.88. The Labute approximate surface area is 89.8 Å². The average molecular weight is 295 g/mol. The van der Waals surface area contributed by atoms with E-state index in [0.29, 0.717) is 4.47 Å². The highest BCUT2D eigenvalue weighted by Crippen LogP contribution is 2.39. The molecule has 0 aromatic carbocycles. The second-order valence-electron chi connectivity index (χ2n) is 2.29. The second-order valence-corrected chi connectivity index (χ2v) is 4.83. The van der Waals surface area contributed by atoms with Crippen LogP contribution in [0.15, 0.2) is 10.5 Å². The van der Waals surface area contributed by atoms with Crippen LogP contribution < -0.4 is 5.73 Å². The molecular formula is C6H4BrClF3NS. The molecule has 0 aliphatic heterocycles. The van der Waals surface area contributed by atoms with Gasteiger partial charge in [0, 0.05) is 9.35 Å². The van der Waals surface area contributed by atoms with E-state index in [9.17, 15) is 13.2 Å². The van der Waals surface area contributed by atoms with Crippen LogP contribution in [0.25, 0.3) is 0 Å². The van der Waals surface area contributed by atoms with Crippen LogP contribution in [-0.4, -0.2) is 6.18 Å². The minimum absolute atomic E-state index is 0.00405. The van der Waals surface area contributed by atoms with Crippen molar-refractivity contribution < 1.29 is 13.2 Å². The van der Waals surface area contributed by atoms with Gasteiger partial charge in [0.25, 0.3) is 0 Å². The van der Waals surface area contributed by atoms with E-state index in [1.165, 1.54) is 6.07 Å². The predicted octanol–water partition coefficient (Wildman–Crippen LogP) is 3.73. The molecule has 0 bridgehead atoms.